The van der Waals surface area contributed by atoms with Crippen molar-refractivity contribution in [2.45, 2.75) is 17.9 Å². The zero-order chi connectivity index (χ0) is 14.0. The predicted molar refractivity (Wildman–Crippen MR) is 82.2 cm³/mol. The van der Waals surface area contributed by atoms with Crippen LogP contribution in [0.2, 0.25) is 5.02 Å². The van der Waals surface area contributed by atoms with Crippen LogP contribution in [-0.2, 0) is 10.0 Å². The molecule has 2 rings (SSSR count). The van der Waals surface area contributed by atoms with E-state index in [0.717, 1.165) is 9.35 Å². The van der Waals surface area contributed by atoms with E-state index in [1.165, 1.54) is 17.4 Å². The van der Waals surface area contributed by atoms with Crippen molar-refractivity contribution in [3.05, 3.63) is 50.1 Å². The summed E-state index contributed by atoms with van der Waals surface area (Å²) in [7, 11) is -3.63. The zero-order valence-electron chi connectivity index (χ0n) is 9.93. The molecule has 0 bridgehead atoms. The number of nitrogens with one attached hydrogen (secondary N) is 1. The third-order valence-corrected chi connectivity index (χ3v) is 6.06. The number of sulfonamides is 1. The molecule has 0 fully saturated rings. The summed E-state index contributed by atoms with van der Waals surface area (Å²) in [5.74, 6) is 0. The zero-order valence-corrected chi connectivity index (χ0v) is 13.9. The Balaban J connectivity index is 2.28. The first-order valence-corrected chi connectivity index (χ1v) is 8.94. The highest BCUT2D eigenvalue weighted by Crippen LogP contribution is 2.27. The first-order valence-electron chi connectivity index (χ1n) is 5.41. The van der Waals surface area contributed by atoms with Gasteiger partial charge in [-0.1, -0.05) is 33.6 Å². The predicted octanol–water partition coefficient (Wildman–Crippen LogP) is 4.20. The summed E-state index contributed by atoms with van der Waals surface area (Å²) in [6.07, 6.45) is 0. The van der Waals surface area contributed by atoms with Crippen molar-refractivity contribution in [1.82, 2.24) is 4.72 Å². The Bertz CT molecular complexity index is 671. The molecule has 1 N–H and O–H groups in total. The Labute approximate surface area is 129 Å². The van der Waals surface area contributed by atoms with Gasteiger partial charge >= 0.3 is 0 Å². The fraction of sp³-hybridized carbons (Fsp3) is 0.167. The van der Waals surface area contributed by atoms with Crippen LogP contribution in [0.3, 0.4) is 0 Å². The van der Waals surface area contributed by atoms with Gasteiger partial charge in [-0.15, -0.1) is 11.3 Å². The van der Waals surface area contributed by atoms with Gasteiger partial charge in [0.05, 0.1) is 11.1 Å². The number of hydrogen-bond donors (Lipinski definition) is 1. The topological polar surface area (TPSA) is 46.2 Å². The Morgan fingerprint density at radius 2 is 2.11 bits per heavy atom. The minimum atomic E-state index is -3.63. The lowest BCUT2D eigenvalue weighted by Gasteiger charge is -2.13. The molecule has 19 heavy (non-hydrogen) atoms. The standard InChI is InChI=1S/C12H11BrClNO2S2/c1-8(11-3-2-6-18-11)15-19(16,17)12-5-4-9(13)7-10(12)14/h2-8,15H,1H3/t8-/m0/s1. The van der Waals surface area contributed by atoms with Gasteiger partial charge in [0, 0.05) is 9.35 Å². The molecule has 1 atom stereocenters. The quantitative estimate of drug-likeness (QED) is 0.864. The van der Waals surface area contributed by atoms with Gasteiger partial charge in [-0.25, -0.2) is 13.1 Å². The fourth-order valence-electron chi connectivity index (χ4n) is 1.59. The van der Waals surface area contributed by atoms with Gasteiger partial charge in [0.2, 0.25) is 10.0 Å². The molecule has 7 heteroatoms. The largest absolute Gasteiger partial charge is 0.242 e. The average molecular weight is 381 g/mol. The van der Waals surface area contributed by atoms with Crippen molar-refractivity contribution in [1.29, 1.82) is 0 Å². The second-order valence-electron chi connectivity index (χ2n) is 3.93. The van der Waals surface area contributed by atoms with E-state index in [4.69, 9.17) is 11.6 Å². The molecule has 0 spiro atoms. The monoisotopic (exact) mass is 379 g/mol. The van der Waals surface area contributed by atoms with E-state index in [1.54, 1.807) is 19.1 Å². The van der Waals surface area contributed by atoms with Gasteiger partial charge in [-0.2, -0.15) is 0 Å². The molecular formula is C12H11BrClNO2S2. The maximum atomic E-state index is 12.3. The molecule has 0 amide bonds. The molecule has 102 valence electrons. The number of rotatable bonds is 4. The van der Waals surface area contributed by atoms with Crippen LogP contribution < -0.4 is 4.72 Å². The Morgan fingerprint density at radius 1 is 1.37 bits per heavy atom. The smallest absolute Gasteiger partial charge is 0.207 e. The molecule has 3 nitrogen and oxygen atoms in total. The number of halogens is 2. The lowest BCUT2D eigenvalue weighted by atomic mass is 10.3. The highest BCUT2D eigenvalue weighted by Gasteiger charge is 2.21. The molecule has 0 aliphatic heterocycles. The van der Waals surface area contributed by atoms with Crippen LogP contribution in [-0.4, -0.2) is 8.42 Å². The lowest BCUT2D eigenvalue weighted by molar-refractivity contribution is 0.568. The summed E-state index contributed by atoms with van der Waals surface area (Å²) >= 11 is 10.7. The molecule has 1 heterocycles. The highest BCUT2D eigenvalue weighted by molar-refractivity contribution is 9.10. The van der Waals surface area contributed by atoms with Crippen LogP contribution in [0.1, 0.15) is 17.8 Å². The molecule has 0 saturated carbocycles. The molecule has 0 unspecified atom stereocenters. The van der Waals surface area contributed by atoms with Gasteiger partial charge in [-0.05, 0) is 36.6 Å². The van der Waals surface area contributed by atoms with Gasteiger partial charge in [0.25, 0.3) is 0 Å². The summed E-state index contributed by atoms with van der Waals surface area (Å²) in [6.45, 7) is 1.80. The summed E-state index contributed by atoms with van der Waals surface area (Å²) in [5.41, 5.74) is 0. The van der Waals surface area contributed by atoms with Gasteiger partial charge in [0.15, 0.2) is 0 Å². The summed E-state index contributed by atoms with van der Waals surface area (Å²) in [4.78, 5) is 1.04. The minimum absolute atomic E-state index is 0.0840. The normalized spacial score (nSPS) is 13.4. The maximum absolute atomic E-state index is 12.3. The van der Waals surface area contributed by atoms with Crippen LogP contribution in [0.25, 0.3) is 0 Å². The molecule has 1 aromatic carbocycles. The van der Waals surface area contributed by atoms with Crippen molar-refractivity contribution >= 4 is 48.9 Å². The molecule has 0 aliphatic carbocycles. The van der Waals surface area contributed by atoms with Crippen LogP contribution >= 0.6 is 38.9 Å². The second kappa shape index (κ2) is 5.93. The SMILES string of the molecule is C[C@H](NS(=O)(=O)c1ccc(Br)cc1Cl)c1cccs1. The van der Waals surface area contributed by atoms with E-state index in [-0.39, 0.29) is 16.0 Å². The molecule has 2 aromatic rings. The summed E-state index contributed by atoms with van der Waals surface area (Å²) in [6, 6.07) is 8.18. The van der Waals surface area contributed by atoms with E-state index >= 15 is 0 Å². The summed E-state index contributed by atoms with van der Waals surface area (Å²) in [5, 5.41) is 2.10. The first kappa shape index (κ1) is 15.0. The molecule has 1 aromatic heterocycles. The number of thiophene rings is 1. The van der Waals surface area contributed by atoms with Crippen LogP contribution in [0.4, 0.5) is 0 Å². The molecule has 0 aliphatic rings. The highest BCUT2D eigenvalue weighted by atomic mass is 79.9. The number of benzene rings is 1. The van der Waals surface area contributed by atoms with Gasteiger partial charge < -0.3 is 0 Å². The van der Waals surface area contributed by atoms with Crippen LogP contribution in [0, 0.1) is 0 Å². The van der Waals surface area contributed by atoms with Crippen molar-refractivity contribution in [2.24, 2.45) is 0 Å². The van der Waals surface area contributed by atoms with E-state index in [1.807, 2.05) is 17.5 Å². The Morgan fingerprint density at radius 3 is 2.68 bits per heavy atom. The second-order valence-corrected chi connectivity index (χ2v) is 7.92. The van der Waals surface area contributed by atoms with Crippen molar-refractivity contribution < 1.29 is 8.42 Å². The average Bonchev–Trinajstić information content (AvgIpc) is 2.80. The lowest BCUT2D eigenvalue weighted by Crippen LogP contribution is -2.26. The molecule has 0 radical (unpaired) electrons. The van der Waals surface area contributed by atoms with Crippen LogP contribution in [0.15, 0.2) is 45.1 Å². The van der Waals surface area contributed by atoms with E-state index in [9.17, 15) is 8.42 Å². The van der Waals surface area contributed by atoms with E-state index < -0.39 is 10.0 Å². The summed E-state index contributed by atoms with van der Waals surface area (Å²) < 4.78 is 27.9. The van der Waals surface area contributed by atoms with Gasteiger partial charge in [0.1, 0.15) is 4.90 Å². The Hall–Kier alpha value is -0.400. The van der Waals surface area contributed by atoms with Gasteiger partial charge in [-0.3, -0.25) is 0 Å². The third kappa shape index (κ3) is 3.58. The third-order valence-electron chi connectivity index (χ3n) is 2.49. The van der Waals surface area contributed by atoms with E-state index in [0.29, 0.717) is 0 Å². The first-order chi connectivity index (χ1) is 8.90. The maximum Gasteiger partial charge on any atom is 0.242 e. The Kier molecular flexibility index (Phi) is 4.68. The number of hydrogen-bond acceptors (Lipinski definition) is 3. The van der Waals surface area contributed by atoms with Crippen LogP contribution in [0.5, 0.6) is 0 Å². The molecule has 0 saturated heterocycles. The molecular weight excluding hydrogens is 370 g/mol. The van der Waals surface area contributed by atoms with Crippen molar-refractivity contribution in [2.75, 3.05) is 0 Å². The van der Waals surface area contributed by atoms with Crippen molar-refractivity contribution in [3.63, 3.8) is 0 Å². The van der Waals surface area contributed by atoms with E-state index in [2.05, 4.69) is 20.7 Å². The van der Waals surface area contributed by atoms with Crippen molar-refractivity contribution in [3.8, 4) is 0 Å². The minimum Gasteiger partial charge on any atom is -0.207 e. The fourth-order valence-corrected chi connectivity index (χ4v) is 4.65.